The maximum absolute atomic E-state index is 14.1. The molecule has 0 saturated heterocycles. The van der Waals surface area contributed by atoms with Crippen molar-refractivity contribution in [2.45, 2.75) is 6.04 Å². The van der Waals surface area contributed by atoms with E-state index in [1.165, 1.54) is 11.3 Å². The van der Waals surface area contributed by atoms with Gasteiger partial charge in [-0.3, -0.25) is 4.98 Å². The molecule has 1 unspecified atom stereocenters. The second-order valence-electron chi connectivity index (χ2n) is 3.39. The number of thiazole rings is 1. The van der Waals surface area contributed by atoms with Crippen LogP contribution >= 0.6 is 38.9 Å². The lowest BCUT2D eigenvalue weighted by atomic mass is 10.1. The fraction of sp³-hybridized carbons (Fsp3) is 0.182. The Morgan fingerprint density at radius 3 is 2.88 bits per heavy atom. The summed E-state index contributed by atoms with van der Waals surface area (Å²) in [6, 6.07) is 3.23. The normalized spacial score (nSPS) is 12.7. The van der Waals surface area contributed by atoms with Gasteiger partial charge in [-0.2, -0.15) is 0 Å². The second kappa shape index (κ2) is 5.44. The summed E-state index contributed by atoms with van der Waals surface area (Å²) in [6.07, 6.45) is 1.72. The number of rotatable bonds is 3. The SMILES string of the molecule is CNC(c1cncs1)c1ccc(Br)c(Cl)c1F. The quantitative estimate of drug-likeness (QED) is 0.857. The first-order valence-corrected chi connectivity index (χ1v) is 6.89. The van der Waals surface area contributed by atoms with Crippen LogP contribution in [0.2, 0.25) is 5.02 Å². The molecule has 2 nitrogen and oxygen atoms in total. The first-order valence-electron chi connectivity index (χ1n) is 4.84. The fourth-order valence-corrected chi connectivity index (χ4v) is 2.81. The molecule has 0 amide bonds. The number of aromatic nitrogens is 1. The van der Waals surface area contributed by atoms with Gasteiger partial charge in [-0.05, 0) is 29.0 Å². The van der Waals surface area contributed by atoms with Crippen molar-refractivity contribution in [3.8, 4) is 0 Å². The lowest BCUT2D eigenvalue weighted by molar-refractivity contribution is 0.578. The Kier molecular flexibility index (Phi) is 4.14. The molecule has 6 heteroatoms. The summed E-state index contributed by atoms with van der Waals surface area (Å²) >= 11 is 10.6. The highest BCUT2D eigenvalue weighted by molar-refractivity contribution is 9.10. The van der Waals surface area contributed by atoms with Gasteiger partial charge >= 0.3 is 0 Å². The van der Waals surface area contributed by atoms with Crippen LogP contribution in [0.1, 0.15) is 16.5 Å². The molecule has 0 saturated carbocycles. The van der Waals surface area contributed by atoms with Crippen molar-refractivity contribution in [1.29, 1.82) is 0 Å². The average molecular weight is 336 g/mol. The Bertz CT molecular complexity index is 518. The minimum atomic E-state index is -0.409. The van der Waals surface area contributed by atoms with Crippen LogP contribution in [0, 0.1) is 5.82 Å². The second-order valence-corrected chi connectivity index (χ2v) is 5.54. The average Bonchev–Trinajstić information content (AvgIpc) is 2.84. The number of hydrogen-bond acceptors (Lipinski definition) is 3. The van der Waals surface area contributed by atoms with Crippen LogP contribution < -0.4 is 5.32 Å². The van der Waals surface area contributed by atoms with Crippen molar-refractivity contribution in [1.82, 2.24) is 10.3 Å². The summed E-state index contributed by atoms with van der Waals surface area (Å²) < 4.78 is 14.6. The highest BCUT2D eigenvalue weighted by atomic mass is 79.9. The molecule has 0 bridgehead atoms. The van der Waals surface area contributed by atoms with Crippen LogP contribution in [0.5, 0.6) is 0 Å². The summed E-state index contributed by atoms with van der Waals surface area (Å²) in [5.74, 6) is -0.409. The third-order valence-corrected chi connectivity index (χ3v) is 4.50. The molecule has 2 rings (SSSR count). The Labute approximate surface area is 116 Å². The van der Waals surface area contributed by atoms with Crippen LogP contribution in [0.15, 0.2) is 28.3 Å². The van der Waals surface area contributed by atoms with Gasteiger partial charge in [-0.1, -0.05) is 17.7 Å². The number of nitrogens with zero attached hydrogens (tertiary/aromatic N) is 1. The molecule has 0 aliphatic rings. The van der Waals surface area contributed by atoms with Crippen molar-refractivity contribution < 1.29 is 4.39 Å². The molecular formula is C11H9BrClFN2S. The van der Waals surface area contributed by atoms with E-state index in [0.717, 1.165) is 4.88 Å². The molecule has 0 radical (unpaired) electrons. The van der Waals surface area contributed by atoms with Gasteiger partial charge in [0.1, 0.15) is 5.82 Å². The zero-order valence-electron chi connectivity index (χ0n) is 8.88. The summed E-state index contributed by atoms with van der Waals surface area (Å²) in [5, 5.41) is 3.17. The van der Waals surface area contributed by atoms with Crippen molar-refractivity contribution in [2.24, 2.45) is 0 Å². The third-order valence-electron chi connectivity index (χ3n) is 2.40. The molecule has 0 fully saturated rings. The van der Waals surface area contributed by atoms with Crippen LogP contribution in [0.25, 0.3) is 0 Å². The fourth-order valence-electron chi connectivity index (χ4n) is 1.58. The first-order chi connectivity index (χ1) is 8.15. The van der Waals surface area contributed by atoms with Crippen molar-refractivity contribution in [3.63, 3.8) is 0 Å². The molecule has 1 atom stereocenters. The van der Waals surface area contributed by atoms with Gasteiger partial charge in [0.25, 0.3) is 0 Å². The van der Waals surface area contributed by atoms with E-state index < -0.39 is 5.82 Å². The van der Waals surface area contributed by atoms with E-state index in [1.54, 1.807) is 30.9 Å². The molecule has 90 valence electrons. The van der Waals surface area contributed by atoms with Gasteiger partial charge in [-0.25, -0.2) is 4.39 Å². The molecule has 1 aromatic heterocycles. The van der Waals surface area contributed by atoms with Crippen LogP contribution in [-0.2, 0) is 0 Å². The molecule has 0 spiro atoms. The van der Waals surface area contributed by atoms with Crippen LogP contribution in [0.3, 0.4) is 0 Å². The number of nitrogens with one attached hydrogen (secondary N) is 1. The van der Waals surface area contributed by atoms with E-state index in [9.17, 15) is 4.39 Å². The smallest absolute Gasteiger partial charge is 0.148 e. The first kappa shape index (κ1) is 13.0. The summed E-state index contributed by atoms with van der Waals surface area (Å²) in [5.41, 5.74) is 2.24. The number of benzene rings is 1. The van der Waals surface area contributed by atoms with Crippen molar-refractivity contribution >= 4 is 38.9 Å². The largest absolute Gasteiger partial charge is 0.309 e. The Balaban J connectivity index is 2.49. The number of halogens is 3. The highest BCUT2D eigenvalue weighted by Gasteiger charge is 2.20. The zero-order valence-corrected chi connectivity index (χ0v) is 12.0. The molecule has 17 heavy (non-hydrogen) atoms. The lowest BCUT2D eigenvalue weighted by Crippen LogP contribution is -2.18. The van der Waals surface area contributed by atoms with Crippen LogP contribution in [0.4, 0.5) is 4.39 Å². The monoisotopic (exact) mass is 334 g/mol. The predicted octanol–water partition coefficient (Wildman–Crippen LogP) is 4.01. The lowest BCUT2D eigenvalue weighted by Gasteiger charge is -2.16. The molecule has 1 N–H and O–H groups in total. The molecule has 0 aliphatic heterocycles. The van der Waals surface area contributed by atoms with E-state index in [-0.39, 0.29) is 11.1 Å². The van der Waals surface area contributed by atoms with Gasteiger partial charge in [0.2, 0.25) is 0 Å². The van der Waals surface area contributed by atoms with Gasteiger partial charge in [-0.15, -0.1) is 11.3 Å². The Hall–Kier alpha value is -0.490. The zero-order chi connectivity index (χ0) is 12.4. The van der Waals surface area contributed by atoms with E-state index >= 15 is 0 Å². The van der Waals surface area contributed by atoms with Gasteiger partial charge in [0.05, 0.1) is 16.6 Å². The molecule has 0 aliphatic carbocycles. The van der Waals surface area contributed by atoms with E-state index in [2.05, 4.69) is 26.2 Å². The topological polar surface area (TPSA) is 24.9 Å². The Morgan fingerprint density at radius 2 is 2.29 bits per heavy atom. The maximum atomic E-state index is 14.1. The maximum Gasteiger partial charge on any atom is 0.148 e. The van der Waals surface area contributed by atoms with E-state index in [4.69, 9.17) is 11.6 Å². The van der Waals surface area contributed by atoms with E-state index in [1.807, 2.05) is 0 Å². The Morgan fingerprint density at radius 1 is 1.53 bits per heavy atom. The highest BCUT2D eigenvalue weighted by Crippen LogP contribution is 2.33. The van der Waals surface area contributed by atoms with E-state index in [0.29, 0.717) is 10.0 Å². The molecule has 1 aromatic carbocycles. The summed E-state index contributed by atoms with van der Waals surface area (Å²) in [7, 11) is 1.78. The number of hydrogen-bond donors (Lipinski definition) is 1. The molecule has 2 aromatic rings. The standard InChI is InChI=1S/C11H9BrClFN2S/c1-15-11(8-4-16-5-17-8)6-2-3-7(12)9(13)10(6)14/h2-5,11,15H,1H3. The van der Waals surface area contributed by atoms with Crippen molar-refractivity contribution in [3.05, 3.63) is 49.6 Å². The minimum absolute atomic E-state index is 0.104. The van der Waals surface area contributed by atoms with Gasteiger partial charge in [0, 0.05) is 21.1 Å². The van der Waals surface area contributed by atoms with Gasteiger partial charge in [0.15, 0.2) is 0 Å². The summed E-state index contributed by atoms with van der Waals surface area (Å²) in [6.45, 7) is 0. The molecule has 1 heterocycles. The van der Waals surface area contributed by atoms with Crippen LogP contribution in [-0.4, -0.2) is 12.0 Å². The van der Waals surface area contributed by atoms with Crippen molar-refractivity contribution in [2.75, 3.05) is 7.05 Å². The minimum Gasteiger partial charge on any atom is -0.309 e. The molecular weight excluding hydrogens is 327 g/mol. The predicted molar refractivity (Wildman–Crippen MR) is 72.1 cm³/mol. The third kappa shape index (κ3) is 2.52. The van der Waals surface area contributed by atoms with Gasteiger partial charge < -0.3 is 5.32 Å². The summed E-state index contributed by atoms with van der Waals surface area (Å²) in [4.78, 5) is 4.95.